The standard InChI is InChI=1S/C36H42N2O7.C8H6N2O/c1-5-15-44-32-13-14-34-33(25-32)35(30-11-9-29(10-12-30)27(2)3)37-36(39)38(34)26-28-7-6-8-31(24-28)45-23-22-43-21-20-42-19-18-41-17-16-40-4;11-8-9-5-6-3-1-2-4-7(6)10-8/h1,6-14,24-25,27H,15-23,26H2,2-4H3;1-5H,(H,9,10,11). The van der Waals surface area contributed by atoms with Gasteiger partial charge in [0.1, 0.15) is 24.7 Å². The minimum absolute atomic E-state index is 0.147. The van der Waals surface area contributed by atoms with Crippen LogP contribution in [0.4, 0.5) is 0 Å². The lowest BCUT2D eigenvalue weighted by molar-refractivity contribution is 0.000161. The van der Waals surface area contributed by atoms with E-state index in [0.29, 0.717) is 82.5 Å². The van der Waals surface area contributed by atoms with Crippen LogP contribution in [0.25, 0.3) is 33.1 Å². The highest BCUT2D eigenvalue weighted by Gasteiger charge is 2.15. The molecule has 0 aliphatic rings. The van der Waals surface area contributed by atoms with Crippen LogP contribution in [0.2, 0.25) is 0 Å². The SMILES string of the molecule is C#CCOc1ccc2c(c1)c(-c1ccc(C(C)C)cc1)nc(=O)n2Cc1cccc(OCCOCCOCCOCCOC)c1.O=c1ncc2ccccc2[nH]1. The van der Waals surface area contributed by atoms with Crippen molar-refractivity contribution in [3.05, 3.63) is 129 Å². The molecule has 2 heterocycles. The van der Waals surface area contributed by atoms with Crippen molar-refractivity contribution >= 4 is 21.8 Å². The summed E-state index contributed by atoms with van der Waals surface area (Å²) in [7, 11) is 1.64. The Balaban J connectivity index is 0.000000463. The van der Waals surface area contributed by atoms with Gasteiger partial charge < -0.3 is 33.4 Å². The fraction of sp³-hybridized carbons (Fsp3) is 0.318. The maximum atomic E-state index is 13.5. The Hall–Kier alpha value is -5.84. The Labute approximate surface area is 326 Å². The lowest BCUT2D eigenvalue weighted by Gasteiger charge is -2.15. The minimum atomic E-state index is -0.341. The van der Waals surface area contributed by atoms with E-state index < -0.39 is 0 Å². The number of rotatable bonds is 19. The molecule has 0 amide bonds. The van der Waals surface area contributed by atoms with Gasteiger partial charge in [0.2, 0.25) is 0 Å². The van der Waals surface area contributed by atoms with Gasteiger partial charge in [-0.15, -0.1) is 6.42 Å². The molecule has 0 aliphatic heterocycles. The van der Waals surface area contributed by atoms with Gasteiger partial charge in [0.05, 0.1) is 69.5 Å². The van der Waals surface area contributed by atoms with Crippen LogP contribution in [0.3, 0.4) is 0 Å². The number of hydrogen-bond acceptors (Lipinski definition) is 10. The zero-order valence-electron chi connectivity index (χ0n) is 32.1. The molecule has 12 nitrogen and oxygen atoms in total. The molecule has 0 saturated heterocycles. The average Bonchev–Trinajstić information content (AvgIpc) is 3.21. The van der Waals surface area contributed by atoms with Crippen molar-refractivity contribution in [3.8, 4) is 35.1 Å². The lowest BCUT2D eigenvalue weighted by atomic mass is 9.99. The highest BCUT2D eigenvalue weighted by molar-refractivity contribution is 5.93. The Bertz CT molecular complexity index is 2300. The monoisotopic (exact) mass is 760 g/mol. The molecule has 0 bridgehead atoms. The predicted octanol–water partition coefficient (Wildman–Crippen LogP) is 6.25. The zero-order chi connectivity index (χ0) is 39.5. The first kappa shape index (κ1) is 41.3. The van der Waals surface area contributed by atoms with Crippen LogP contribution >= 0.6 is 0 Å². The first-order valence-corrected chi connectivity index (χ1v) is 18.5. The van der Waals surface area contributed by atoms with Crippen LogP contribution in [0, 0.1) is 12.3 Å². The molecule has 4 aromatic carbocycles. The summed E-state index contributed by atoms with van der Waals surface area (Å²) in [5.74, 6) is 4.20. The summed E-state index contributed by atoms with van der Waals surface area (Å²) in [6.45, 7) is 8.70. The number of nitrogens with one attached hydrogen (secondary N) is 1. The van der Waals surface area contributed by atoms with E-state index in [-0.39, 0.29) is 18.0 Å². The second-order valence-electron chi connectivity index (χ2n) is 12.9. The number of nitrogens with zero attached hydrogens (tertiary/aromatic N) is 3. The summed E-state index contributed by atoms with van der Waals surface area (Å²) >= 11 is 0. The summed E-state index contributed by atoms with van der Waals surface area (Å²) in [6.07, 6.45) is 6.98. The van der Waals surface area contributed by atoms with E-state index in [1.807, 2.05) is 78.9 Å². The molecule has 0 saturated carbocycles. The van der Waals surface area contributed by atoms with Crippen molar-refractivity contribution in [1.29, 1.82) is 0 Å². The highest BCUT2D eigenvalue weighted by Crippen LogP contribution is 2.30. The van der Waals surface area contributed by atoms with Crippen molar-refractivity contribution in [2.24, 2.45) is 0 Å². The normalized spacial score (nSPS) is 11.0. The van der Waals surface area contributed by atoms with Crippen molar-refractivity contribution in [2.75, 3.05) is 66.6 Å². The number of H-pyrrole nitrogens is 1. The Kier molecular flexibility index (Phi) is 16.2. The van der Waals surface area contributed by atoms with Gasteiger partial charge in [-0.05, 0) is 53.4 Å². The molecule has 6 aromatic rings. The molecule has 6 rings (SSSR count). The summed E-state index contributed by atoms with van der Waals surface area (Å²) in [6, 6.07) is 29.0. The Morgan fingerprint density at radius 2 is 1.46 bits per heavy atom. The van der Waals surface area contributed by atoms with Crippen LogP contribution in [0.15, 0.2) is 107 Å². The molecular formula is C44H48N4O8. The molecule has 0 atom stereocenters. The number of ether oxygens (including phenoxy) is 6. The molecule has 0 unspecified atom stereocenters. The fourth-order valence-electron chi connectivity index (χ4n) is 5.69. The van der Waals surface area contributed by atoms with Gasteiger partial charge in [0, 0.05) is 29.6 Å². The first-order valence-electron chi connectivity index (χ1n) is 18.5. The molecule has 292 valence electrons. The molecular weight excluding hydrogens is 713 g/mol. The van der Waals surface area contributed by atoms with Gasteiger partial charge in [-0.2, -0.15) is 4.98 Å². The molecule has 12 heteroatoms. The smallest absolute Gasteiger partial charge is 0.348 e. The van der Waals surface area contributed by atoms with Crippen LogP contribution in [0.5, 0.6) is 11.5 Å². The third-order valence-electron chi connectivity index (χ3n) is 8.56. The maximum Gasteiger partial charge on any atom is 0.348 e. The summed E-state index contributed by atoms with van der Waals surface area (Å²) in [5, 5.41) is 1.75. The quantitative estimate of drug-likeness (QED) is 0.0746. The van der Waals surface area contributed by atoms with Crippen LogP contribution < -0.4 is 20.9 Å². The van der Waals surface area contributed by atoms with Crippen molar-refractivity contribution in [3.63, 3.8) is 0 Å². The Morgan fingerprint density at radius 3 is 2.18 bits per heavy atom. The van der Waals surface area contributed by atoms with Gasteiger partial charge >= 0.3 is 11.4 Å². The van der Waals surface area contributed by atoms with E-state index in [0.717, 1.165) is 32.9 Å². The number of benzene rings is 4. The Morgan fingerprint density at radius 1 is 0.768 bits per heavy atom. The largest absolute Gasteiger partial charge is 0.491 e. The van der Waals surface area contributed by atoms with E-state index >= 15 is 0 Å². The van der Waals surface area contributed by atoms with E-state index in [4.69, 9.17) is 34.8 Å². The molecule has 1 N–H and O–H groups in total. The van der Waals surface area contributed by atoms with Crippen molar-refractivity contribution < 1.29 is 28.4 Å². The third-order valence-corrected chi connectivity index (χ3v) is 8.56. The summed E-state index contributed by atoms with van der Waals surface area (Å²) in [4.78, 5) is 34.9. The van der Waals surface area contributed by atoms with Crippen LogP contribution in [-0.2, 0) is 25.5 Å². The van der Waals surface area contributed by atoms with Crippen LogP contribution in [0.1, 0.15) is 30.9 Å². The topological polar surface area (TPSA) is 136 Å². The second kappa shape index (κ2) is 21.9. The van der Waals surface area contributed by atoms with E-state index in [9.17, 15) is 9.59 Å². The van der Waals surface area contributed by atoms with Gasteiger partial charge in [0.25, 0.3) is 0 Å². The maximum absolute atomic E-state index is 13.5. The minimum Gasteiger partial charge on any atom is -0.491 e. The van der Waals surface area contributed by atoms with E-state index in [1.54, 1.807) is 17.9 Å². The van der Waals surface area contributed by atoms with Crippen molar-refractivity contribution in [1.82, 2.24) is 19.5 Å². The molecule has 56 heavy (non-hydrogen) atoms. The average molecular weight is 761 g/mol. The molecule has 0 fully saturated rings. The summed E-state index contributed by atoms with van der Waals surface area (Å²) in [5.41, 5.74) is 4.51. The highest BCUT2D eigenvalue weighted by atomic mass is 16.6. The van der Waals surface area contributed by atoms with Gasteiger partial charge in [0.15, 0.2) is 0 Å². The van der Waals surface area contributed by atoms with E-state index in [2.05, 4.69) is 46.9 Å². The van der Waals surface area contributed by atoms with Crippen molar-refractivity contribution in [2.45, 2.75) is 26.3 Å². The number of aromatic amines is 1. The molecule has 2 aromatic heterocycles. The number of methoxy groups -OCH3 is 1. The molecule has 0 spiro atoms. The predicted molar refractivity (Wildman–Crippen MR) is 218 cm³/mol. The summed E-state index contributed by atoms with van der Waals surface area (Å²) < 4.78 is 34.6. The van der Waals surface area contributed by atoms with Crippen LogP contribution in [-0.4, -0.2) is 86.1 Å². The third kappa shape index (κ3) is 12.3. The van der Waals surface area contributed by atoms with Gasteiger partial charge in [-0.25, -0.2) is 14.6 Å². The number of aromatic nitrogens is 4. The number of fused-ring (bicyclic) bond motifs is 2. The lowest BCUT2D eigenvalue weighted by Crippen LogP contribution is -2.24. The zero-order valence-corrected chi connectivity index (χ0v) is 32.1. The molecule has 0 aliphatic carbocycles. The van der Waals surface area contributed by atoms with E-state index in [1.165, 1.54) is 5.56 Å². The number of para-hydroxylation sites is 1. The first-order chi connectivity index (χ1) is 27.4. The number of hydrogen-bond donors (Lipinski definition) is 1. The second-order valence-corrected chi connectivity index (χ2v) is 12.9. The fourth-order valence-corrected chi connectivity index (χ4v) is 5.69. The molecule has 0 radical (unpaired) electrons. The number of terminal acetylenes is 1. The van der Waals surface area contributed by atoms with Gasteiger partial charge in [-0.3, -0.25) is 4.57 Å². The van der Waals surface area contributed by atoms with Gasteiger partial charge in [-0.1, -0.05) is 74.4 Å².